The van der Waals surface area contributed by atoms with Crippen LogP contribution in [0.25, 0.3) is 0 Å². The number of nitrogens with zero attached hydrogens (tertiary/aromatic N) is 1. The molecule has 0 amide bonds. The molecule has 1 rings (SSSR count). The number of carboxylic acids is 1. The van der Waals surface area contributed by atoms with Crippen LogP contribution in [-0.4, -0.2) is 16.1 Å². The Morgan fingerprint density at radius 2 is 2.00 bits per heavy atom. The molecular formula is C10H8F5NO2. The van der Waals surface area contributed by atoms with Crippen molar-refractivity contribution in [3.63, 3.8) is 0 Å². The maximum Gasteiger partial charge on any atom is 0.433 e. The first kappa shape index (κ1) is 14.3. The van der Waals surface area contributed by atoms with Gasteiger partial charge in [0.2, 0.25) is 0 Å². The number of hydrogen-bond acceptors (Lipinski definition) is 2. The maximum atomic E-state index is 12.7. The van der Waals surface area contributed by atoms with Crippen LogP contribution in [0.4, 0.5) is 22.0 Å². The molecule has 1 aromatic heterocycles. The number of aliphatic carboxylic acids is 1. The molecule has 1 heterocycles. The largest absolute Gasteiger partial charge is 0.481 e. The zero-order valence-electron chi connectivity index (χ0n) is 9.05. The molecule has 0 aliphatic heterocycles. The second kappa shape index (κ2) is 4.87. The summed E-state index contributed by atoms with van der Waals surface area (Å²) in [5.41, 5.74) is -3.49. The van der Waals surface area contributed by atoms with E-state index in [1.807, 2.05) is 0 Å². The highest BCUT2D eigenvalue weighted by Crippen LogP contribution is 2.35. The van der Waals surface area contributed by atoms with Crippen molar-refractivity contribution in [2.24, 2.45) is 0 Å². The minimum absolute atomic E-state index is 0.414. The van der Waals surface area contributed by atoms with Gasteiger partial charge < -0.3 is 5.11 Å². The molecule has 0 radical (unpaired) electrons. The molecule has 8 heteroatoms. The topological polar surface area (TPSA) is 50.2 Å². The number of pyridine rings is 1. The van der Waals surface area contributed by atoms with Gasteiger partial charge in [-0.05, 0) is 18.1 Å². The highest BCUT2D eigenvalue weighted by atomic mass is 19.4. The standard InChI is InChI=1S/C10H8F5NO2/c1-4-7(9(11)12)5(2-6(17)18)3-16-8(4)10(13,14)15/h3,9H,2H2,1H3,(H,17,18). The van der Waals surface area contributed by atoms with Crippen LogP contribution in [0, 0.1) is 6.92 Å². The summed E-state index contributed by atoms with van der Waals surface area (Å²) in [6.45, 7) is 0.850. The van der Waals surface area contributed by atoms with Gasteiger partial charge in [-0.25, -0.2) is 8.78 Å². The molecule has 0 aromatic carbocycles. The van der Waals surface area contributed by atoms with Crippen LogP contribution in [0.3, 0.4) is 0 Å². The van der Waals surface area contributed by atoms with Gasteiger partial charge >= 0.3 is 12.1 Å². The monoisotopic (exact) mass is 269 g/mol. The van der Waals surface area contributed by atoms with Crippen molar-refractivity contribution in [1.29, 1.82) is 0 Å². The molecule has 1 N–H and O–H groups in total. The average molecular weight is 269 g/mol. The predicted molar refractivity (Wildman–Crippen MR) is 50.3 cm³/mol. The number of hydrogen-bond donors (Lipinski definition) is 1. The molecule has 0 unspecified atom stereocenters. The van der Waals surface area contributed by atoms with Crippen LogP contribution in [0.2, 0.25) is 0 Å². The Morgan fingerprint density at radius 1 is 1.44 bits per heavy atom. The average Bonchev–Trinajstić information content (AvgIpc) is 2.13. The lowest BCUT2D eigenvalue weighted by Crippen LogP contribution is -2.15. The third-order valence-corrected chi connectivity index (χ3v) is 2.28. The third-order valence-electron chi connectivity index (χ3n) is 2.28. The van der Waals surface area contributed by atoms with Gasteiger partial charge in [-0.2, -0.15) is 13.2 Å². The summed E-state index contributed by atoms with van der Waals surface area (Å²) in [5.74, 6) is -1.42. The smallest absolute Gasteiger partial charge is 0.433 e. The number of carboxylic acid groups (broad SMARTS) is 1. The highest BCUT2D eigenvalue weighted by molar-refractivity contribution is 5.71. The fraction of sp³-hybridized carbons (Fsp3) is 0.400. The minimum atomic E-state index is -4.85. The van der Waals surface area contributed by atoms with E-state index in [4.69, 9.17) is 5.11 Å². The van der Waals surface area contributed by atoms with Gasteiger partial charge in [0.05, 0.1) is 6.42 Å². The van der Waals surface area contributed by atoms with E-state index < -0.39 is 47.4 Å². The number of carbonyl (C=O) groups is 1. The fourth-order valence-corrected chi connectivity index (χ4v) is 1.57. The van der Waals surface area contributed by atoms with Crippen LogP contribution in [0.15, 0.2) is 6.20 Å². The Bertz CT molecular complexity index is 470. The second-order valence-corrected chi connectivity index (χ2v) is 3.54. The molecule has 1 aromatic rings. The molecule has 0 aliphatic carbocycles. The van der Waals surface area contributed by atoms with Gasteiger partial charge in [0, 0.05) is 11.8 Å². The number of aromatic nitrogens is 1. The maximum absolute atomic E-state index is 12.7. The molecular weight excluding hydrogens is 261 g/mol. The first-order valence-corrected chi connectivity index (χ1v) is 4.70. The van der Waals surface area contributed by atoms with Crippen molar-refractivity contribution in [3.05, 3.63) is 28.6 Å². The minimum Gasteiger partial charge on any atom is -0.481 e. The summed E-state index contributed by atoms with van der Waals surface area (Å²) in [6, 6.07) is 0. The van der Waals surface area contributed by atoms with E-state index >= 15 is 0 Å². The number of halogens is 5. The lowest BCUT2D eigenvalue weighted by atomic mass is 10.00. The summed E-state index contributed by atoms with van der Waals surface area (Å²) in [4.78, 5) is 13.5. The van der Waals surface area contributed by atoms with E-state index in [2.05, 4.69) is 4.98 Å². The first-order chi connectivity index (χ1) is 8.14. The van der Waals surface area contributed by atoms with Crippen molar-refractivity contribution < 1.29 is 31.9 Å². The molecule has 100 valence electrons. The van der Waals surface area contributed by atoms with E-state index in [9.17, 15) is 26.7 Å². The molecule has 0 saturated carbocycles. The Labute approximate surface area is 98.3 Å². The van der Waals surface area contributed by atoms with Crippen molar-refractivity contribution in [1.82, 2.24) is 4.98 Å². The molecule has 3 nitrogen and oxygen atoms in total. The summed E-state index contributed by atoms with van der Waals surface area (Å²) in [7, 11) is 0. The van der Waals surface area contributed by atoms with E-state index in [0.717, 1.165) is 6.92 Å². The fourth-order valence-electron chi connectivity index (χ4n) is 1.57. The first-order valence-electron chi connectivity index (χ1n) is 4.70. The van der Waals surface area contributed by atoms with Gasteiger partial charge in [-0.3, -0.25) is 9.78 Å². The summed E-state index contributed by atoms with van der Waals surface area (Å²) in [6.07, 6.45) is -8.31. The van der Waals surface area contributed by atoms with E-state index in [1.165, 1.54) is 0 Å². The zero-order valence-corrected chi connectivity index (χ0v) is 9.05. The normalized spacial score (nSPS) is 11.9. The quantitative estimate of drug-likeness (QED) is 0.858. The van der Waals surface area contributed by atoms with Crippen molar-refractivity contribution in [2.75, 3.05) is 0 Å². The van der Waals surface area contributed by atoms with Crippen molar-refractivity contribution >= 4 is 5.97 Å². The predicted octanol–water partition coefficient (Wildman–Crippen LogP) is 2.97. The highest BCUT2D eigenvalue weighted by Gasteiger charge is 2.37. The van der Waals surface area contributed by atoms with Gasteiger partial charge in [0.1, 0.15) is 5.69 Å². The van der Waals surface area contributed by atoms with Crippen molar-refractivity contribution in [3.8, 4) is 0 Å². The molecule has 0 fully saturated rings. The van der Waals surface area contributed by atoms with Gasteiger partial charge in [-0.1, -0.05) is 0 Å². The van der Waals surface area contributed by atoms with E-state index in [0.29, 0.717) is 6.20 Å². The summed E-state index contributed by atoms with van der Waals surface area (Å²) >= 11 is 0. The molecule has 0 atom stereocenters. The number of alkyl halides is 5. The molecule has 0 aliphatic rings. The van der Waals surface area contributed by atoms with Crippen LogP contribution >= 0.6 is 0 Å². The van der Waals surface area contributed by atoms with Gasteiger partial charge in [0.25, 0.3) is 6.43 Å². The van der Waals surface area contributed by atoms with Gasteiger partial charge in [-0.15, -0.1) is 0 Å². The zero-order chi connectivity index (χ0) is 14.1. The van der Waals surface area contributed by atoms with Crippen LogP contribution < -0.4 is 0 Å². The Morgan fingerprint density at radius 3 is 2.39 bits per heavy atom. The lowest BCUT2D eigenvalue weighted by Gasteiger charge is -2.15. The van der Waals surface area contributed by atoms with E-state index in [1.54, 1.807) is 0 Å². The van der Waals surface area contributed by atoms with Crippen LogP contribution in [-0.2, 0) is 17.4 Å². The summed E-state index contributed by atoms with van der Waals surface area (Å²) < 4.78 is 62.8. The van der Waals surface area contributed by atoms with Crippen LogP contribution in [0.1, 0.15) is 28.8 Å². The van der Waals surface area contributed by atoms with E-state index in [-0.39, 0.29) is 0 Å². The summed E-state index contributed by atoms with van der Waals surface area (Å²) in [5, 5.41) is 8.50. The Balaban J connectivity index is 3.42. The Hall–Kier alpha value is -1.73. The molecule has 18 heavy (non-hydrogen) atoms. The molecule has 0 saturated heterocycles. The van der Waals surface area contributed by atoms with Crippen LogP contribution in [0.5, 0.6) is 0 Å². The second-order valence-electron chi connectivity index (χ2n) is 3.54. The third kappa shape index (κ3) is 2.93. The molecule has 0 spiro atoms. The number of rotatable bonds is 3. The Kier molecular flexibility index (Phi) is 3.88. The van der Waals surface area contributed by atoms with Crippen molar-refractivity contribution in [2.45, 2.75) is 25.9 Å². The lowest BCUT2D eigenvalue weighted by molar-refractivity contribution is -0.141. The molecule has 0 bridgehead atoms. The SMILES string of the molecule is Cc1c(C(F)(F)F)ncc(CC(=O)O)c1C(F)F. The van der Waals surface area contributed by atoms with Gasteiger partial charge in [0.15, 0.2) is 0 Å².